The van der Waals surface area contributed by atoms with E-state index < -0.39 is 0 Å². The average Bonchev–Trinajstić information content (AvgIpc) is 3.26. The van der Waals surface area contributed by atoms with Gasteiger partial charge < -0.3 is 14.9 Å². The minimum Gasteiger partial charge on any atom is -0.364 e. The Morgan fingerprint density at radius 1 is 1.10 bits per heavy atom. The average molecular weight is 424 g/mol. The van der Waals surface area contributed by atoms with E-state index in [1.807, 2.05) is 36.0 Å². The summed E-state index contributed by atoms with van der Waals surface area (Å²) in [5.74, 6) is 2.50. The van der Waals surface area contributed by atoms with E-state index in [0.29, 0.717) is 5.82 Å². The molecule has 2 N–H and O–H groups in total. The first-order valence-electron chi connectivity index (χ1n) is 11.4. The summed E-state index contributed by atoms with van der Waals surface area (Å²) in [4.78, 5) is 26.2. The fourth-order valence-corrected chi connectivity index (χ4v) is 4.21. The van der Waals surface area contributed by atoms with Crippen LogP contribution < -0.4 is 5.32 Å². The van der Waals surface area contributed by atoms with Crippen LogP contribution in [-0.2, 0) is 7.05 Å². The van der Waals surface area contributed by atoms with Gasteiger partial charge in [-0.15, -0.1) is 0 Å². The number of anilines is 1. The highest BCUT2D eigenvalue weighted by Gasteiger charge is 2.32. The zero-order valence-electron chi connectivity index (χ0n) is 20.1. The third-order valence-corrected chi connectivity index (χ3v) is 5.77. The van der Waals surface area contributed by atoms with Crippen molar-refractivity contribution in [3.05, 3.63) is 30.0 Å². The SMILES string of the molecule is CCCCC(C)(CCC)C(=O)c1ccc2nc(-c3nc(NC(C)(C)C)cn3C)[nH]c2c1. The second-order valence-corrected chi connectivity index (χ2v) is 10.00. The Balaban J connectivity index is 1.92. The Kier molecular flexibility index (Phi) is 6.58. The lowest BCUT2D eigenvalue weighted by atomic mass is 9.75. The molecule has 1 atom stereocenters. The van der Waals surface area contributed by atoms with Gasteiger partial charge in [0.1, 0.15) is 5.82 Å². The molecule has 0 bridgehead atoms. The van der Waals surface area contributed by atoms with E-state index in [0.717, 1.165) is 60.3 Å². The first kappa shape index (κ1) is 23.0. The molecule has 0 radical (unpaired) electrons. The van der Waals surface area contributed by atoms with Crippen LogP contribution in [0.4, 0.5) is 5.82 Å². The number of fused-ring (bicyclic) bond motifs is 1. The van der Waals surface area contributed by atoms with Crippen molar-refractivity contribution in [3.8, 4) is 11.6 Å². The second kappa shape index (κ2) is 8.85. The molecule has 0 aliphatic carbocycles. The summed E-state index contributed by atoms with van der Waals surface area (Å²) >= 11 is 0. The molecular formula is C25H37N5O. The van der Waals surface area contributed by atoms with Gasteiger partial charge in [0.2, 0.25) is 0 Å². The number of hydrogen-bond donors (Lipinski definition) is 2. The molecule has 2 aromatic heterocycles. The molecule has 0 aliphatic rings. The molecule has 2 heterocycles. The maximum absolute atomic E-state index is 13.4. The van der Waals surface area contributed by atoms with Crippen LogP contribution in [0, 0.1) is 5.41 Å². The van der Waals surface area contributed by atoms with E-state index in [-0.39, 0.29) is 16.7 Å². The highest BCUT2D eigenvalue weighted by Crippen LogP contribution is 2.34. The number of ketones is 1. The van der Waals surface area contributed by atoms with Gasteiger partial charge in [-0.2, -0.15) is 0 Å². The number of carbonyl (C=O) groups is 1. The van der Waals surface area contributed by atoms with Crippen molar-refractivity contribution in [2.45, 2.75) is 79.2 Å². The number of aromatic nitrogens is 4. The standard InChI is InChI=1S/C25H37N5O/c1-8-10-14-25(6,13-9-2)21(31)17-11-12-18-19(15-17)27-22(26-18)23-28-20(16-30(23)7)29-24(3,4)5/h11-12,15-16,29H,8-10,13-14H2,1-7H3,(H,26,27). The Bertz CT molecular complexity index is 1060. The minimum atomic E-state index is -0.311. The number of carbonyl (C=O) groups excluding carboxylic acids is 1. The maximum Gasteiger partial charge on any atom is 0.178 e. The van der Waals surface area contributed by atoms with Crippen LogP contribution >= 0.6 is 0 Å². The summed E-state index contributed by atoms with van der Waals surface area (Å²) < 4.78 is 1.96. The third-order valence-electron chi connectivity index (χ3n) is 5.77. The zero-order valence-corrected chi connectivity index (χ0v) is 20.1. The summed E-state index contributed by atoms with van der Waals surface area (Å²) in [5.41, 5.74) is 2.07. The number of nitrogens with one attached hydrogen (secondary N) is 2. The van der Waals surface area contributed by atoms with Gasteiger partial charge >= 0.3 is 0 Å². The number of aryl methyl sites for hydroxylation is 1. The van der Waals surface area contributed by atoms with Gasteiger partial charge in [-0.1, -0.05) is 40.0 Å². The molecule has 31 heavy (non-hydrogen) atoms. The van der Waals surface area contributed by atoms with Gasteiger partial charge in [-0.25, -0.2) is 9.97 Å². The Morgan fingerprint density at radius 2 is 1.84 bits per heavy atom. The molecule has 0 saturated carbocycles. The van der Waals surface area contributed by atoms with Crippen LogP contribution in [0.1, 0.15) is 84.0 Å². The molecule has 6 nitrogen and oxygen atoms in total. The van der Waals surface area contributed by atoms with Gasteiger partial charge in [0, 0.05) is 29.8 Å². The summed E-state index contributed by atoms with van der Waals surface area (Å²) in [5, 5.41) is 3.40. The van der Waals surface area contributed by atoms with Crippen molar-refractivity contribution in [1.82, 2.24) is 19.5 Å². The van der Waals surface area contributed by atoms with Crippen molar-refractivity contribution in [1.29, 1.82) is 0 Å². The number of H-pyrrole nitrogens is 1. The number of benzene rings is 1. The lowest BCUT2D eigenvalue weighted by Crippen LogP contribution is -2.28. The number of imidazole rings is 2. The maximum atomic E-state index is 13.4. The van der Waals surface area contributed by atoms with Crippen LogP contribution in [0.2, 0.25) is 0 Å². The number of nitrogens with zero attached hydrogens (tertiary/aromatic N) is 3. The van der Waals surface area contributed by atoms with Crippen molar-refractivity contribution in [2.75, 3.05) is 5.32 Å². The fourth-order valence-electron chi connectivity index (χ4n) is 4.21. The smallest absolute Gasteiger partial charge is 0.178 e. The first-order valence-corrected chi connectivity index (χ1v) is 11.4. The van der Waals surface area contributed by atoms with Crippen LogP contribution in [-0.4, -0.2) is 30.8 Å². The summed E-state index contributed by atoms with van der Waals surface area (Å²) in [6, 6.07) is 5.80. The van der Waals surface area contributed by atoms with Crippen molar-refractivity contribution in [3.63, 3.8) is 0 Å². The van der Waals surface area contributed by atoms with Crippen LogP contribution in [0.15, 0.2) is 24.4 Å². The number of unbranched alkanes of at least 4 members (excludes halogenated alkanes) is 1. The quantitative estimate of drug-likeness (QED) is 0.393. The number of rotatable bonds is 9. The molecular weight excluding hydrogens is 386 g/mol. The Morgan fingerprint density at radius 3 is 2.48 bits per heavy atom. The summed E-state index contributed by atoms with van der Waals surface area (Å²) in [6.45, 7) is 12.8. The number of aromatic amines is 1. The largest absolute Gasteiger partial charge is 0.364 e. The van der Waals surface area contributed by atoms with Gasteiger partial charge in [0.25, 0.3) is 0 Å². The minimum absolute atomic E-state index is 0.0717. The van der Waals surface area contributed by atoms with E-state index in [2.05, 4.69) is 51.8 Å². The highest BCUT2D eigenvalue weighted by molar-refractivity contribution is 6.02. The second-order valence-electron chi connectivity index (χ2n) is 10.00. The van der Waals surface area contributed by atoms with Crippen molar-refractivity contribution in [2.24, 2.45) is 12.5 Å². The van der Waals surface area contributed by atoms with Crippen LogP contribution in [0.3, 0.4) is 0 Å². The molecule has 1 unspecified atom stereocenters. The molecule has 1 aromatic carbocycles. The lowest BCUT2D eigenvalue weighted by molar-refractivity contribution is 0.0782. The van der Waals surface area contributed by atoms with E-state index in [1.54, 1.807) is 0 Å². The van der Waals surface area contributed by atoms with Gasteiger partial charge in [-0.05, 0) is 51.8 Å². The topological polar surface area (TPSA) is 75.6 Å². The van der Waals surface area contributed by atoms with Crippen LogP contribution in [0.25, 0.3) is 22.7 Å². The van der Waals surface area contributed by atoms with E-state index in [4.69, 9.17) is 9.97 Å². The Hall–Kier alpha value is -2.63. The monoisotopic (exact) mass is 423 g/mol. The summed E-state index contributed by atoms with van der Waals surface area (Å²) in [7, 11) is 1.96. The van der Waals surface area contributed by atoms with E-state index in [9.17, 15) is 4.79 Å². The van der Waals surface area contributed by atoms with Crippen LogP contribution in [0.5, 0.6) is 0 Å². The van der Waals surface area contributed by atoms with Crippen molar-refractivity contribution >= 4 is 22.6 Å². The summed E-state index contributed by atoms with van der Waals surface area (Å²) in [6.07, 6.45) is 6.99. The van der Waals surface area contributed by atoms with Gasteiger partial charge in [-0.3, -0.25) is 4.79 Å². The first-order chi connectivity index (χ1) is 14.6. The normalized spacial score (nSPS) is 14.0. The third kappa shape index (κ3) is 5.17. The van der Waals surface area contributed by atoms with E-state index in [1.165, 1.54) is 0 Å². The predicted molar refractivity (Wildman–Crippen MR) is 129 cm³/mol. The Labute approximate surface area is 185 Å². The molecule has 0 fully saturated rings. The predicted octanol–water partition coefficient (Wildman–Crippen LogP) is 6.35. The molecule has 6 heteroatoms. The number of Topliss-reactive ketones (excluding diaryl/α,β-unsaturated/α-hetero) is 1. The molecule has 0 saturated heterocycles. The molecule has 0 spiro atoms. The van der Waals surface area contributed by atoms with Gasteiger partial charge in [0.15, 0.2) is 17.4 Å². The zero-order chi connectivity index (χ0) is 22.8. The molecule has 3 aromatic rings. The highest BCUT2D eigenvalue weighted by atomic mass is 16.1. The molecule has 0 aliphatic heterocycles. The fraction of sp³-hybridized carbons (Fsp3) is 0.560. The number of hydrogen-bond acceptors (Lipinski definition) is 4. The molecule has 3 rings (SSSR count). The molecule has 168 valence electrons. The lowest BCUT2D eigenvalue weighted by Gasteiger charge is -2.28. The van der Waals surface area contributed by atoms with Crippen molar-refractivity contribution < 1.29 is 4.79 Å². The van der Waals surface area contributed by atoms with E-state index >= 15 is 0 Å². The molecule has 0 amide bonds. The van der Waals surface area contributed by atoms with Gasteiger partial charge in [0.05, 0.1) is 11.0 Å².